The summed E-state index contributed by atoms with van der Waals surface area (Å²) in [4.78, 5) is 10.2. The Hall–Kier alpha value is 0.240. The summed E-state index contributed by atoms with van der Waals surface area (Å²) in [6, 6.07) is 0. The Balaban J connectivity index is 3.72. The Morgan fingerprint density at radius 1 is 1.78 bits per heavy atom. The lowest BCUT2D eigenvalue weighted by Crippen LogP contribution is -2.23. The van der Waals surface area contributed by atoms with Crippen LogP contribution in [-0.4, -0.2) is 23.3 Å². The fourth-order valence-electron chi connectivity index (χ4n) is 0.300. The van der Waals surface area contributed by atoms with Gasteiger partial charge in [-0.3, -0.25) is 4.79 Å². The number of hydrogen-bond donors (Lipinski definition) is 0. The molecule has 0 saturated heterocycles. The van der Waals surface area contributed by atoms with Crippen molar-refractivity contribution in [2.45, 2.75) is 17.1 Å². The number of esters is 1. The van der Waals surface area contributed by atoms with Crippen molar-refractivity contribution in [2.75, 3.05) is 7.11 Å². The molecule has 0 spiro atoms. The second-order valence-electron chi connectivity index (χ2n) is 1.60. The van der Waals surface area contributed by atoms with Crippen LogP contribution < -0.4 is 0 Å². The molecule has 0 rings (SSSR count). The number of hydrogen-bond acceptors (Lipinski definition) is 2. The largest absolute Gasteiger partial charge is 0.468 e. The number of methoxy groups -OCH3 is 1. The molecule has 0 aromatic heterocycles. The summed E-state index contributed by atoms with van der Waals surface area (Å²) in [5, 5.41) is -0.238. The first-order chi connectivity index (χ1) is 4.09. The van der Waals surface area contributed by atoms with Gasteiger partial charge in [-0.05, 0) is 6.92 Å². The number of carbonyl (C=O) groups excluding carboxylic acids is 1. The van der Waals surface area contributed by atoms with Gasteiger partial charge >= 0.3 is 5.97 Å². The SMILES string of the molecule is COC(=O)[C@H](Br)[C@H](C)Cl. The minimum absolute atomic E-state index is 0.238. The van der Waals surface area contributed by atoms with Crippen molar-refractivity contribution in [3.8, 4) is 0 Å². The van der Waals surface area contributed by atoms with Crippen LogP contribution in [0.1, 0.15) is 6.92 Å². The normalized spacial score (nSPS) is 16.4. The lowest BCUT2D eigenvalue weighted by Gasteiger charge is -2.07. The molecule has 0 amide bonds. The van der Waals surface area contributed by atoms with Crippen molar-refractivity contribution in [3.05, 3.63) is 0 Å². The van der Waals surface area contributed by atoms with Gasteiger partial charge in [0.25, 0.3) is 0 Å². The third-order valence-corrected chi connectivity index (χ3v) is 2.55. The summed E-state index contributed by atoms with van der Waals surface area (Å²) in [5.41, 5.74) is 0. The van der Waals surface area contributed by atoms with Crippen molar-refractivity contribution in [1.82, 2.24) is 0 Å². The molecule has 2 nitrogen and oxygen atoms in total. The smallest absolute Gasteiger partial charge is 0.320 e. The predicted molar refractivity (Wildman–Crippen MR) is 40.0 cm³/mol. The van der Waals surface area contributed by atoms with Crippen LogP contribution in [0.5, 0.6) is 0 Å². The Morgan fingerprint density at radius 2 is 2.22 bits per heavy atom. The minimum Gasteiger partial charge on any atom is -0.468 e. The second-order valence-corrected chi connectivity index (χ2v) is 3.28. The topological polar surface area (TPSA) is 26.3 Å². The number of alkyl halides is 2. The highest BCUT2D eigenvalue weighted by Gasteiger charge is 2.20. The van der Waals surface area contributed by atoms with Gasteiger partial charge in [0.05, 0.1) is 12.5 Å². The molecule has 0 N–H and O–H groups in total. The highest BCUT2D eigenvalue weighted by molar-refractivity contribution is 9.10. The van der Waals surface area contributed by atoms with Gasteiger partial charge in [0.2, 0.25) is 0 Å². The van der Waals surface area contributed by atoms with Gasteiger partial charge in [-0.2, -0.15) is 0 Å². The van der Waals surface area contributed by atoms with E-state index in [0.29, 0.717) is 0 Å². The van der Waals surface area contributed by atoms with Crippen LogP contribution in [0, 0.1) is 0 Å². The third-order valence-electron chi connectivity index (χ3n) is 0.830. The average Bonchev–Trinajstić information content (AvgIpc) is 1.84. The minimum atomic E-state index is -0.399. The van der Waals surface area contributed by atoms with Crippen LogP contribution in [0.15, 0.2) is 0 Å². The zero-order valence-electron chi connectivity index (χ0n) is 5.23. The molecule has 54 valence electrons. The number of ether oxygens (including phenoxy) is 1. The summed E-state index contributed by atoms with van der Waals surface area (Å²) < 4.78 is 4.40. The Morgan fingerprint density at radius 3 is 2.33 bits per heavy atom. The summed E-state index contributed by atoms with van der Waals surface area (Å²) >= 11 is 8.62. The number of carbonyl (C=O) groups is 1. The van der Waals surface area contributed by atoms with Gasteiger partial charge in [0.15, 0.2) is 0 Å². The average molecular weight is 215 g/mol. The van der Waals surface area contributed by atoms with E-state index in [1.165, 1.54) is 7.11 Å². The molecule has 0 aliphatic rings. The molecule has 0 bridgehead atoms. The molecular formula is C5H8BrClO2. The van der Waals surface area contributed by atoms with Gasteiger partial charge < -0.3 is 4.74 Å². The van der Waals surface area contributed by atoms with Crippen LogP contribution in [0.4, 0.5) is 0 Å². The van der Waals surface area contributed by atoms with Crippen molar-refractivity contribution < 1.29 is 9.53 Å². The van der Waals surface area contributed by atoms with Crippen LogP contribution in [-0.2, 0) is 9.53 Å². The summed E-state index contributed by atoms with van der Waals surface area (Å²) in [7, 11) is 1.33. The number of rotatable bonds is 2. The van der Waals surface area contributed by atoms with E-state index in [4.69, 9.17) is 11.6 Å². The van der Waals surface area contributed by atoms with E-state index in [2.05, 4.69) is 20.7 Å². The van der Waals surface area contributed by atoms with Crippen molar-refractivity contribution in [1.29, 1.82) is 0 Å². The van der Waals surface area contributed by atoms with E-state index in [-0.39, 0.29) is 11.3 Å². The molecule has 0 radical (unpaired) electrons. The van der Waals surface area contributed by atoms with Gasteiger partial charge in [-0.15, -0.1) is 11.6 Å². The fraction of sp³-hybridized carbons (Fsp3) is 0.800. The highest BCUT2D eigenvalue weighted by atomic mass is 79.9. The Kier molecular flexibility index (Phi) is 4.23. The maximum atomic E-state index is 10.6. The standard InChI is InChI=1S/C5H8BrClO2/c1-3(7)4(6)5(8)9-2/h3-4H,1-2H3/t3-,4+/m0/s1. The van der Waals surface area contributed by atoms with Crippen molar-refractivity contribution in [3.63, 3.8) is 0 Å². The van der Waals surface area contributed by atoms with Crippen molar-refractivity contribution in [2.24, 2.45) is 0 Å². The summed E-state index contributed by atoms with van der Waals surface area (Å²) in [5.74, 6) is -0.336. The molecule has 0 fully saturated rings. The molecule has 0 heterocycles. The molecule has 0 aliphatic carbocycles. The van der Waals surface area contributed by atoms with Gasteiger partial charge in [0, 0.05) is 0 Å². The van der Waals surface area contributed by atoms with Crippen LogP contribution in [0.2, 0.25) is 0 Å². The van der Waals surface area contributed by atoms with Gasteiger partial charge in [-0.1, -0.05) is 15.9 Å². The third kappa shape index (κ3) is 3.06. The zero-order chi connectivity index (χ0) is 7.44. The maximum Gasteiger partial charge on any atom is 0.320 e. The van der Waals surface area contributed by atoms with Crippen molar-refractivity contribution >= 4 is 33.5 Å². The summed E-state index contributed by atoms with van der Waals surface area (Å²) in [6.07, 6.45) is 0. The monoisotopic (exact) mass is 214 g/mol. The zero-order valence-corrected chi connectivity index (χ0v) is 7.57. The van der Waals surface area contributed by atoms with Crippen LogP contribution in [0.25, 0.3) is 0 Å². The molecule has 0 aromatic rings. The molecule has 4 heteroatoms. The van der Waals surface area contributed by atoms with E-state index in [0.717, 1.165) is 0 Å². The van der Waals surface area contributed by atoms with E-state index >= 15 is 0 Å². The predicted octanol–water partition coefficient (Wildman–Crippen LogP) is 1.55. The molecule has 2 atom stereocenters. The second kappa shape index (κ2) is 4.12. The van der Waals surface area contributed by atoms with E-state index in [1.807, 2.05) is 0 Å². The molecule has 9 heavy (non-hydrogen) atoms. The van der Waals surface area contributed by atoms with E-state index < -0.39 is 4.83 Å². The van der Waals surface area contributed by atoms with Crippen LogP contribution in [0.3, 0.4) is 0 Å². The lowest BCUT2D eigenvalue weighted by molar-refractivity contribution is -0.139. The first-order valence-corrected chi connectivity index (χ1v) is 3.80. The lowest BCUT2D eigenvalue weighted by atomic mass is 10.3. The Bertz CT molecular complexity index is 105. The molecule has 0 aromatic carbocycles. The first kappa shape index (κ1) is 9.24. The van der Waals surface area contributed by atoms with E-state index in [9.17, 15) is 4.79 Å². The summed E-state index contributed by atoms with van der Waals surface area (Å²) in [6.45, 7) is 1.72. The number of halogens is 2. The quantitative estimate of drug-likeness (QED) is 0.516. The molecule has 0 unspecified atom stereocenters. The van der Waals surface area contributed by atoms with Gasteiger partial charge in [0.1, 0.15) is 4.83 Å². The maximum absolute atomic E-state index is 10.6. The molecule has 0 aliphatic heterocycles. The first-order valence-electron chi connectivity index (χ1n) is 2.45. The van der Waals surface area contributed by atoms with Gasteiger partial charge in [-0.25, -0.2) is 0 Å². The highest BCUT2D eigenvalue weighted by Crippen LogP contribution is 2.12. The Labute approximate surface area is 67.6 Å². The fourth-order valence-corrected chi connectivity index (χ4v) is 0.590. The molecule has 0 saturated carbocycles. The van der Waals surface area contributed by atoms with E-state index in [1.54, 1.807) is 6.92 Å². The van der Waals surface area contributed by atoms with Crippen LogP contribution >= 0.6 is 27.5 Å². The molecular weight excluding hydrogens is 207 g/mol.